The van der Waals surface area contributed by atoms with E-state index >= 15 is 0 Å². The van der Waals surface area contributed by atoms with Crippen LogP contribution in [0.1, 0.15) is 18.2 Å². The highest BCUT2D eigenvalue weighted by Crippen LogP contribution is 2.17. The van der Waals surface area contributed by atoms with Gasteiger partial charge in [-0.3, -0.25) is 5.10 Å². The molecular formula is C17H17FN2O2. The zero-order chi connectivity index (χ0) is 15.9. The molecule has 0 bridgehead atoms. The summed E-state index contributed by atoms with van der Waals surface area (Å²) in [5.74, 6) is -0.00278. The first-order valence-corrected chi connectivity index (χ1v) is 6.73. The lowest BCUT2D eigenvalue weighted by Gasteiger charge is -2.07. The number of allylic oxidation sites excluding steroid dienone is 4. The number of H-pyrrole nitrogens is 1. The molecule has 2 rings (SSSR count). The molecule has 5 heteroatoms. The van der Waals surface area contributed by atoms with E-state index in [0.29, 0.717) is 11.3 Å². The summed E-state index contributed by atoms with van der Waals surface area (Å²) in [5.41, 5.74) is 2.14. The smallest absolute Gasteiger partial charge is 0.127 e. The van der Waals surface area contributed by atoms with Crippen molar-refractivity contribution in [1.82, 2.24) is 10.2 Å². The van der Waals surface area contributed by atoms with E-state index < -0.39 is 5.82 Å². The summed E-state index contributed by atoms with van der Waals surface area (Å²) in [6, 6.07) is 5.65. The number of benzene rings is 1. The number of aromatic hydroxyl groups is 1. The highest BCUT2D eigenvalue weighted by Gasteiger charge is 2.02. The Morgan fingerprint density at radius 1 is 1.41 bits per heavy atom. The molecule has 0 unspecified atom stereocenters. The molecule has 0 amide bonds. The Bertz CT molecular complexity index is 683. The number of ether oxygens (including phenoxy) is 1. The van der Waals surface area contributed by atoms with Crippen molar-refractivity contribution in [2.75, 3.05) is 0 Å². The van der Waals surface area contributed by atoms with Gasteiger partial charge in [-0.1, -0.05) is 6.58 Å². The van der Waals surface area contributed by atoms with Crippen LogP contribution in [0.2, 0.25) is 0 Å². The Kier molecular flexibility index (Phi) is 5.14. The van der Waals surface area contributed by atoms with E-state index in [1.165, 1.54) is 12.1 Å². The summed E-state index contributed by atoms with van der Waals surface area (Å²) >= 11 is 0. The SMILES string of the molecule is C=C(/C=C\C(=C/C)OCc1cc(O)cc(F)c1)c1ccn[nH]1. The Morgan fingerprint density at radius 2 is 2.23 bits per heavy atom. The van der Waals surface area contributed by atoms with Gasteiger partial charge >= 0.3 is 0 Å². The summed E-state index contributed by atoms with van der Waals surface area (Å²) < 4.78 is 18.8. The molecule has 1 aromatic heterocycles. The minimum absolute atomic E-state index is 0.121. The van der Waals surface area contributed by atoms with Gasteiger partial charge in [0.05, 0.1) is 5.69 Å². The summed E-state index contributed by atoms with van der Waals surface area (Å²) in [6.45, 7) is 5.92. The molecule has 0 radical (unpaired) electrons. The van der Waals surface area contributed by atoms with Crippen LogP contribution in [0.4, 0.5) is 4.39 Å². The van der Waals surface area contributed by atoms with E-state index in [4.69, 9.17) is 4.74 Å². The molecule has 0 aliphatic rings. The first-order valence-electron chi connectivity index (χ1n) is 6.73. The molecule has 1 aromatic carbocycles. The summed E-state index contributed by atoms with van der Waals surface area (Å²) in [6.07, 6.45) is 7.00. The fraction of sp³-hybridized carbons (Fsp3) is 0.118. The number of aromatic amines is 1. The Labute approximate surface area is 128 Å². The number of hydrogen-bond acceptors (Lipinski definition) is 3. The van der Waals surface area contributed by atoms with Crippen LogP contribution in [-0.4, -0.2) is 15.3 Å². The van der Waals surface area contributed by atoms with Gasteiger partial charge in [0.15, 0.2) is 0 Å². The van der Waals surface area contributed by atoms with E-state index in [1.54, 1.807) is 24.4 Å². The van der Waals surface area contributed by atoms with Crippen molar-refractivity contribution >= 4 is 5.57 Å². The second-order valence-electron chi connectivity index (χ2n) is 4.63. The lowest BCUT2D eigenvalue weighted by atomic mass is 10.2. The first-order chi connectivity index (χ1) is 10.6. The monoisotopic (exact) mass is 300 g/mol. The third-order valence-electron chi connectivity index (χ3n) is 2.93. The van der Waals surface area contributed by atoms with E-state index in [2.05, 4.69) is 16.8 Å². The molecule has 0 aliphatic heterocycles. The number of phenols is 1. The van der Waals surface area contributed by atoms with Crippen molar-refractivity contribution in [3.05, 3.63) is 78.1 Å². The minimum Gasteiger partial charge on any atom is -0.508 e. The molecule has 0 saturated carbocycles. The van der Waals surface area contributed by atoms with Crippen molar-refractivity contribution in [1.29, 1.82) is 0 Å². The van der Waals surface area contributed by atoms with Gasteiger partial charge in [-0.05, 0) is 54.5 Å². The van der Waals surface area contributed by atoms with Gasteiger partial charge in [0.1, 0.15) is 23.9 Å². The van der Waals surface area contributed by atoms with Crippen molar-refractivity contribution in [3.63, 3.8) is 0 Å². The van der Waals surface area contributed by atoms with E-state index in [9.17, 15) is 9.50 Å². The quantitative estimate of drug-likeness (QED) is 0.627. The number of nitrogens with one attached hydrogen (secondary N) is 1. The molecule has 0 atom stereocenters. The Hall–Kier alpha value is -2.82. The van der Waals surface area contributed by atoms with Gasteiger partial charge < -0.3 is 9.84 Å². The van der Waals surface area contributed by atoms with Crippen LogP contribution in [0, 0.1) is 5.82 Å². The predicted molar refractivity (Wildman–Crippen MR) is 83.4 cm³/mol. The minimum atomic E-state index is -0.496. The van der Waals surface area contributed by atoms with Crippen LogP contribution < -0.4 is 0 Å². The summed E-state index contributed by atoms with van der Waals surface area (Å²) in [7, 11) is 0. The molecule has 0 spiro atoms. The highest BCUT2D eigenvalue weighted by molar-refractivity contribution is 5.69. The van der Waals surface area contributed by atoms with Crippen molar-refractivity contribution < 1.29 is 14.2 Å². The predicted octanol–water partition coefficient (Wildman–Crippen LogP) is 3.94. The molecule has 1 heterocycles. The van der Waals surface area contributed by atoms with Crippen molar-refractivity contribution in [2.24, 2.45) is 0 Å². The summed E-state index contributed by atoms with van der Waals surface area (Å²) in [5, 5.41) is 16.0. The molecule has 4 nitrogen and oxygen atoms in total. The van der Waals surface area contributed by atoms with Gasteiger partial charge in [-0.15, -0.1) is 0 Å². The topological polar surface area (TPSA) is 58.1 Å². The zero-order valence-electron chi connectivity index (χ0n) is 12.2. The van der Waals surface area contributed by atoms with Gasteiger partial charge in [0.25, 0.3) is 0 Å². The molecular weight excluding hydrogens is 283 g/mol. The second-order valence-corrected chi connectivity index (χ2v) is 4.63. The zero-order valence-corrected chi connectivity index (χ0v) is 12.2. The number of rotatable bonds is 6. The van der Waals surface area contributed by atoms with Gasteiger partial charge in [-0.2, -0.15) is 5.10 Å². The first kappa shape index (κ1) is 15.6. The van der Waals surface area contributed by atoms with E-state index in [-0.39, 0.29) is 12.4 Å². The third kappa shape index (κ3) is 4.34. The van der Waals surface area contributed by atoms with Crippen LogP contribution in [0.5, 0.6) is 5.75 Å². The molecule has 0 aliphatic carbocycles. The average molecular weight is 300 g/mol. The number of halogens is 1. The van der Waals surface area contributed by atoms with Gasteiger partial charge in [-0.25, -0.2) is 4.39 Å². The van der Waals surface area contributed by atoms with Crippen LogP contribution in [0.15, 0.2) is 61.0 Å². The second kappa shape index (κ2) is 7.26. The van der Waals surface area contributed by atoms with Crippen LogP contribution in [0.25, 0.3) is 5.57 Å². The lowest BCUT2D eigenvalue weighted by Crippen LogP contribution is -1.93. The third-order valence-corrected chi connectivity index (χ3v) is 2.93. The van der Waals surface area contributed by atoms with Crippen LogP contribution in [0.3, 0.4) is 0 Å². The number of aromatic nitrogens is 2. The number of hydrogen-bond donors (Lipinski definition) is 2. The molecule has 0 fully saturated rings. The maximum atomic E-state index is 13.2. The maximum absolute atomic E-state index is 13.2. The largest absolute Gasteiger partial charge is 0.508 e. The molecule has 114 valence electrons. The fourth-order valence-corrected chi connectivity index (χ4v) is 1.82. The standard InChI is InChI=1S/C17H17FN2O2/c1-3-16(5-4-12(2)17-6-7-19-20-17)22-11-13-8-14(18)10-15(21)9-13/h3-10,21H,2,11H2,1H3,(H,19,20)/b5-4-,16-3+. The molecule has 2 aromatic rings. The fourth-order valence-electron chi connectivity index (χ4n) is 1.82. The average Bonchev–Trinajstić information content (AvgIpc) is 3.00. The van der Waals surface area contributed by atoms with Gasteiger partial charge in [0, 0.05) is 12.3 Å². The highest BCUT2D eigenvalue weighted by atomic mass is 19.1. The van der Waals surface area contributed by atoms with Crippen molar-refractivity contribution in [2.45, 2.75) is 13.5 Å². The maximum Gasteiger partial charge on any atom is 0.127 e. The number of phenolic OH excluding ortho intramolecular Hbond substituents is 1. The Balaban J connectivity index is 1.96. The normalized spacial score (nSPS) is 11.8. The summed E-state index contributed by atoms with van der Waals surface area (Å²) in [4.78, 5) is 0. The van der Waals surface area contributed by atoms with Crippen molar-refractivity contribution in [3.8, 4) is 5.75 Å². The lowest BCUT2D eigenvalue weighted by molar-refractivity contribution is 0.210. The van der Waals surface area contributed by atoms with Gasteiger partial charge in [0.2, 0.25) is 0 Å². The molecule has 0 saturated heterocycles. The van der Waals surface area contributed by atoms with E-state index in [1.807, 2.05) is 13.0 Å². The van der Waals surface area contributed by atoms with Crippen LogP contribution >= 0.6 is 0 Å². The van der Waals surface area contributed by atoms with E-state index in [0.717, 1.165) is 17.3 Å². The Morgan fingerprint density at radius 3 is 2.86 bits per heavy atom. The molecule has 22 heavy (non-hydrogen) atoms. The number of nitrogens with zero attached hydrogens (tertiary/aromatic N) is 1. The van der Waals surface area contributed by atoms with Crippen LogP contribution in [-0.2, 0) is 11.3 Å². The molecule has 2 N–H and O–H groups in total.